The van der Waals surface area contributed by atoms with E-state index in [-0.39, 0.29) is 41.7 Å². The Labute approximate surface area is 153 Å². The van der Waals surface area contributed by atoms with E-state index in [1.165, 1.54) is 0 Å². The van der Waals surface area contributed by atoms with Crippen molar-refractivity contribution in [3.63, 3.8) is 0 Å². The zero-order valence-electron chi connectivity index (χ0n) is 13.9. The molecule has 1 fully saturated rings. The van der Waals surface area contributed by atoms with Gasteiger partial charge >= 0.3 is 0 Å². The first kappa shape index (κ1) is 19.7. The van der Waals surface area contributed by atoms with Gasteiger partial charge in [-0.3, -0.25) is 14.5 Å². The van der Waals surface area contributed by atoms with E-state index < -0.39 is 10.0 Å². The van der Waals surface area contributed by atoms with Crippen molar-refractivity contribution in [2.45, 2.75) is 43.2 Å². The number of aliphatic imine (C=N–C) groups is 1. The number of halogens is 1. The Kier molecular flexibility index (Phi) is 6.08. The molecule has 0 spiro atoms. The third-order valence-electron chi connectivity index (χ3n) is 4.28. The van der Waals surface area contributed by atoms with Crippen LogP contribution in [0.25, 0.3) is 0 Å². The Bertz CT molecular complexity index is 777. The first-order valence-corrected chi connectivity index (χ1v) is 9.58. The molecule has 2 unspecified atom stereocenters. The van der Waals surface area contributed by atoms with Gasteiger partial charge < -0.3 is 11.1 Å². The number of fused-ring (bicyclic) bond motifs is 1. The Hall–Kier alpha value is -1.64. The van der Waals surface area contributed by atoms with Gasteiger partial charge in [0.25, 0.3) is 10.0 Å². The van der Waals surface area contributed by atoms with Gasteiger partial charge in [0.05, 0.1) is 10.9 Å². The van der Waals surface area contributed by atoms with E-state index in [0.717, 1.165) is 12.8 Å². The molecule has 1 aromatic rings. The van der Waals surface area contributed by atoms with Crippen LogP contribution in [0.15, 0.2) is 34.2 Å². The number of amides is 1. The largest absolute Gasteiger partial charge is 0.352 e. The van der Waals surface area contributed by atoms with E-state index in [1.807, 2.05) is 0 Å². The molecule has 1 heterocycles. The van der Waals surface area contributed by atoms with E-state index in [2.05, 4.69) is 15.0 Å². The summed E-state index contributed by atoms with van der Waals surface area (Å²) in [5, 5.41) is 2.95. The fraction of sp³-hybridized carbons (Fsp3) is 0.500. The first-order valence-electron chi connectivity index (χ1n) is 8.10. The van der Waals surface area contributed by atoms with Gasteiger partial charge in [-0.2, -0.15) is 0 Å². The van der Waals surface area contributed by atoms with Crippen molar-refractivity contribution in [2.75, 3.05) is 6.54 Å². The van der Waals surface area contributed by atoms with Gasteiger partial charge in [-0.15, -0.1) is 12.4 Å². The molecule has 1 saturated carbocycles. The van der Waals surface area contributed by atoms with Gasteiger partial charge in [-0.05, 0) is 37.8 Å². The molecular weight excluding hydrogens is 364 g/mol. The zero-order chi connectivity index (χ0) is 17.3. The monoisotopic (exact) mass is 386 g/mol. The van der Waals surface area contributed by atoms with Crippen molar-refractivity contribution in [1.82, 2.24) is 10.0 Å². The van der Waals surface area contributed by atoms with Crippen LogP contribution in [-0.2, 0) is 14.8 Å². The molecule has 0 radical (unpaired) electrons. The summed E-state index contributed by atoms with van der Waals surface area (Å²) in [6, 6.07) is 6.36. The van der Waals surface area contributed by atoms with Gasteiger partial charge in [-0.1, -0.05) is 12.1 Å². The highest BCUT2D eigenvalue weighted by Crippen LogP contribution is 2.32. The number of carbonyl (C=O) groups excluding carboxylic acids is 1. The lowest BCUT2D eigenvalue weighted by Gasteiger charge is -2.17. The number of hydrogen-bond donors (Lipinski definition) is 3. The lowest BCUT2D eigenvalue weighted by Crippen LogP contribution is -2.42. The van der Waals surface area contributed by atoms with Crippen LogP contribution in [0.1, 0.15) is 31.7 Å². The molecule has 1 aliphatic heterocycles. The van der Waals surface area contributed by atoms with Crippen molar-refractivity contribution in [2.24, 2.45) is 16.6 Å². The van der Waals surface area contributed by atoms with Crippen LogP contribution < -0.4 is 15.8 Å². The van der Waals surface area contributed by atoms with Crippen LogP contribution in [0.2, 0.25) is 0 Å². The van der Waals surface area contributed by atoms with E-state index in [0.29, 0.717) is 23.9 Å². The molecule has 2 atom stereocenters. The first-order chi connectivity index (χ1) is 11.4. The average Bonchev–Trinajstić information content (AvgIpc) is 3.33. The minimum atomic E-state index is -3.55. The van der Waals surface area contributed by atoms with Crippen molar-refractivity contribution in [3.05, 3.63) is 29.8 Å². The van der Waals surface area contributed by atoms with E-state index in [4.69, 9.17) is 5.73 Å². The summed E-state index contributed by atoms with van der Waals surface area (Å²) in [6.45, 7) is 2.23. The number of amidine groups is 1. The van der Waals surface area contributed by atoms with Crippen LogP contribution in [-0.4, -0.2) is 38.8 Å². The summed E-state index contributed by atoms with van der Waals surface area (Å²) >= 11 is 0. The molecule has 3 rings (SSSR count). The molecule has 7 nitrogen and oxygen atoms in total. The van der Waals surface area contributed by atoms with Gasteiger partial charge in [-0.25, -0.2) is 8.42 Å². The third kappa shape index (κ3) is 4.50. The number of hydrogen-bond acceptors (Lipinski definition) is 5. The van der Waals surface area contributed by atoms with Crippen molar-refractivity contribution < 1.29 is 13.2 Å². The molecule has 4 N–H and O–H groups in total. The highest BCUT2D eigenvalue weighted by atomic mass is 35.5. The maximum atomic E-state index is 12.1. The Balaban J connectivity index is 0.00000225. The summed E-state index contributed by atoms with van der Waals surface area (Å²) in [7, 11) is -3.55. The summed E-state index contributed by atoms with van der Waals surface area (Å²) in [5.41, 5.74) is 6.23. The highest BCUT2D eigenvalue weighted by Gasteiger charge is 2.32. The summed E-state index contributed by atoms with van der Waals surface area (Å²) in [6.07, 6.45) is 2.41. The quantitative estimate of drug-likeness (QED) is 0.670. The van der Waals surface area contributed by atoms with E-state index >= 15 is 0 Å². The molecule has 0 aromatic heterocycles. The Morgan fingerprint density at radius 3 is 2.72 bits per heavy atom. The predicted octanol–water partition coefficient (Wildman–Crippen LogP) is 0.779. The minimum Gasteiger partial charge on any atom is -0.352 e. The lowest BCUT2D eigenvalue weighted by atomic mass is 10.1. The molecule has 25 heavy (non-hydrogen) atoms. The fourth-order valence-corrected chi connectivity index (χ4v) is 4.14. The van der Waals surface area contributed by atoms with E-state index in [9.17, 15) is 13.2 Å². The molecule has 0 bridgehead atoms. The van der Waals surface area contributed by atoms with Crippen LogP contribution in [0.3, 0.4) is 0 Å². The molecule has 1 aliphatic carbocycles. The van der Waals surface area contributed by atoms with Crippen LogP contribution >= 0.6 is 12.4 Å². The maximum Gasteiger partial charge on any atom is 0.263 e. The second kappa shape index (κ2) is 7.72. The van der Waals surface area contributed by atoms with Crippen LogP contribution in [0, 0.1) is 5.92 Å². The van der Waals surface area contributed by atoms with Crippen molar-refractivity contribution >= 4 is 34.2 Å². The normalized spacial score (nSPS) is 21.6. The van der Waals surface area contributed by atoms with Gasteiger partial charge in [0.15, 0.2) is 0 Å². The minimum absolute atomic E-state index is 0. The molecule has 9 heteroatoms. The second-order valence-electron chi connectivity index (χ2n) is 6.38. The topological polar surface area (TPSA) is 114 Å². The predicted molar refractivity (Wildman–Crippen MR) is 98.3 cm³/mol. The van der Waals surface area contributed by atoms with Crippen molar-refractivity contribution in [3.8, 4) is 0 Å². The smallest absolute Gasteiger partial charge is 0.263 e. The zero-order valence-corrected chi connectivity index (χ0v) is 15.6. The van der Waals surface area contributed by atoms with Gasteiger partial charge in [0.1, 0.15) is 5.84 Å². The molecule has 1 amide bonds. The number of nitrogens with one attached hydrogen (secondary N) is 2. The maximum absolute atomic E-state index is 12.1. The average molecular weight is 387 g/mol. The van der Waals surface area contributed by atoms with Crippen molar-refractivity contribution in [1.29, 1.82) is 0 Å². The lowest BCUT2D eigenvalue weighted by molar-refractivity contribution is -0.122. The Morgan fingerprint density at radius 2 is 2.08 bits per heavy atom. The van der Waals surface area contributed by atoms with Gasteiger partial charge in [0, 0.05) is 24.6 Å². The number of rotatable bonds is 6. The fourth-order valence-electron chi connectivity index (χ4n) is 2.90. The van der Waals surface area contributed by atoms with E-state index in [1.54, 1.807) is 31.2 Å². The SMILES string of the molecule is CC(CC(=O)NC(CN)C1CC1)N=C1NS(=O)(=O)c2ccccc21.Cl. The number of nitrogens with zero attached hydrogens (tertiary/aromatic N) is 1. The summed E-state index contributed by atoms with van der Waals surface area (Å²) < 4.78 is 26.5. The van der Waals surface area contributed by atoms with Crippen LogP contribution in [0.5, 0.6) is 0 Å². The molecule has 2 aliphatic rings. The number of carbonyl (C=O) groups is 1. The number of sulfonamides is 1. The molecule has 138 valence electrons. The summed E-state index contributed by atoms with van der Waals surface area (Å²) in [5.74, 6) is 0.681. The molecule has 1 aromatic carbocycles. The standard InChI is InChI=1S/C16H22N4O3S.ClH/c1-10(8-15(21)19-13(9-17)11-6-7-11)18-16-12-4-2-3-5-14(12)24(22,23)20-16;/h2-5,10-11,13H,6-9,17H2,1H3,(H,18,20)(H,19,21);1H. The summed E-state index contributed by atoms with van der Waals surface area (Å²) in [4.78, 5) is 16.7. The number of benzene rings is 1. The molecular formula is C16H23ClN4O3S. The number of nitrogens with two attached hydrogens (primary N) is 1. The molecule has 0 saturated heterocycles. The Morgan fingerprint density at radius 1 is 1.40 bits per heavy atom. The third-order valence-corrected chi connectivity index (χ3v) is 5.68. The second-order valence-corrected chi connectivity index (χ2v) is 8.03. The van der Waals surface area contributed by atoms with Crippen LogP contribution in [0.4, 0.5) is 0 Å². The highest BCUT2D eigenvalue weighted by molar-refractivity contribution is 7.90. The van der Waals surface area contributed by atoms with Gasteiger partial charge in [0.2, 0.25) is 5.91 Å².